The lowest BCUT2D eigenvalue weighted by molar-refractivity contribution is -0.139. The summed E-state index contributed by atoms with van der Waals surface area (Å²) in [5.41, 5.74) is 0.325. The molecule has 0 bridgehead atoms. The fourth-order valence-corrected chi connectivity index (χ4v) is 2.65. The Kier molecular flexibility index (Phi) is 4.83. The van der Waals surface area contributed by atoms with Gasteiger partial charge in [-0.3, -0.25) is 4.79 Å². The van der Waals surface area contributed by atoms with Gasteiger partial charge in [0, 0.05) is 17.2 Å². The van der Waals surface area contributed by atoms with Gasteiger partial charge in [0.2, 0.25) is 5.91 Å². The summed E-state index contributed by atoms with van der Waals surface area (Å²) in [7, 11) is 0. The van der Waals surface area contributed by atoms with Gasteiger partial charge in [-0.1, -0.05) is 32.3 Å². The van der Waals surface area contributed by atoms with E-state index in [2.05, 4.69) is 5.32 Å². The zero-order chi connectivity index (χ0) is 15.3. The third kappa shape index (κ3) is 4.21. The van der Waals surface area contributed by atoms with Crippen LogP contribution in [0.15, 0.2) is 24.3 Å². The van der Waals surface area contributed by atoms with E-state index in [1.54, 1.807) is 24.3 Å². The molecule has 114 valence electrons. The van der Waals surface area contributed by atoms with Gasteiger partial charge in [-0.25, -0.2) is 4.79 Å². The quantitative estimate of drug-likeness (QED) is 0.874. The number of carbonyl (C=O) groups is 2. The zero-order valence-corrected chi connectivity index (χ0v) is 12.2. The van der Waals surface area contributed by atoms with Crippen molar-refractivity contribution >= 4 is 17.6 Å². The highest BCUT2D eigenvalue weighted by molar-refractivity contribution is 5.95. The van der Waals surface area contributed by atoms with E-state index >= 15 is 0 Å². The molecular weight excluding hydrogens is 270 g/mol. The summed E-state index contributed by atoms with van der Waals surface area (Å²) in [6.45, 7) is 1.61. The number of carbonyl (C=O) groups excluding carboxylic acids is 1. The van der Waals surface area contributed by atoms with Gasteiger partial charge in [0.1, 0.15) is 5.75 Å². The Labute approximate surface area is 124 Å². The molecule has 0 aromatic heterocycles. The van der Waals surface area contributed by atoms with Crippen LogP contribution < -0.4 is 10.1 Å². The van der Waals surface area contributed by atoms with Gasteiger partial charge in [-0.05, 0) is 25.0 Å². The Morgan fingerprint density at radius 1 is 1.29 bits per heavy atom. The number of benzene rings is 1. The number of anilines is 1. The lowest BCUT2D eigenvalue weighted by Gasteiger charge is -2.32. The molecule has 5 heteroatoms. The predicted octanol–water partition coefficient (Wildman–Crippen LogP) is 3.06. The summed E-state index contributed by atoms with van der Waals surface area (Å²) in [4.78, 5) is 22.9. The third-order valence-corrected chi connectivity index (χ3v) is 3.96. The topological polar surface area (TPSA) is 75.6 Å². The summed E-state index contributed by atoms with van der Waals surface area (Å²) in [5, 5.41) is 11.5. The molecule has 0 aliphatic heterocycles. The van der Waals surface area contributed by atoms with E-state index < -0.39 is 12.6 Å². The second-order valence-electron chi connectivity index (χ2n) is 5.79. The predicted molar refractivity (Wildman–Crippen MR) is 79.4 cm³/mol. The molecule has 0 spiro atoms. The van der Waals surface area contributed by atoms with E-state index in [9.17, 15) is 9.59 Å². The highest BCUT2D eigenvalue weighted by Crippen LogP contribution is 2.36. The minimum Gasteiger partial charge on any atom is -0.482 e. The minimum atomic E-state index is -1.03. The van der Waals surface area contributed by atoms with Crippen LogP contribution in [0.25, 0.3) is 0 Å². The van der Waals surface area contributed by atoms with Crippen molar-refractivity contribution in [1.82, 2.24) is 0 Å². The Morgan fingerprint density at radius 3 is 2.67 bits per heavy atom. The van der Waals surface area contributed by atoms with Gasteiger partial charge in [0.05, 0.1) is 0 Å². The van der Waals surface area contributed by atoms with Crippen LogP contribution in [-0.4, -0.2) is 23.6 Å². The Hall–Kier alpha value is -2.04. The molecule has 2 N–H and O–H groups in total. The van der Waals surface area contributed by atoms with Crippen molar-refractivity contribution < 1.29 is 19.4 Å². The molecule has 0 unspecified atom stereocenters. The molecule has 0 atom stereocenters. The lowest BCUT2D eigenvalue weighted by atomic mass is 9.75. The van der Waals surface area contributed by atoms with Crippen LogP contribution in [0.4, 0.5) is 5.69 Å². The highest BCUT2D eigenvalue weighted by atomic mass is 16.5. The van der Waals surface area contributed by atoms with Gasteiger partial charge < -0.3 is 15.2 Å². The molecule has 21 heavy (non-hydrogen) atoms. The van der Waals surface area contributed by atoms with Crippen LogP contribution >= 0.6 is 0 Å². The average molecular weight is 291 g/mol. The molecule has 2 rings (SSSR count). The maximum atomic E-state index is 12.4. The number of carboxylic acids is 1. The highest BCUT2D eigenvalue weighted by Gasteiger charge is 2.34. The van der Waals surface area contributed by atoms with Crippen molar-refractivity contribution in [2.45, 2.75) is 39.0 Å². The number of nitrogens with one attached hydrogen (secondary N) is 1. The average Bonchev–Trinajstić information content (AvgIpc) is 2.46. The van der Waals surface area contributed by atoms with Crippen molar-refractivity contribution in [3.05, 3.63) is 24.3 Å². The van der Waals surface area contributed by atoms with E-state index in [4.69, 9.17) is 9.84 Å². The van der Waals surface area contributed by atoms with Crippen molar-refractivity contribution in [1.29, 1.82) is 0 Å². The van der Waals surface area contributed by atoms with Crippen molar-refractivity contribution in [2.75, 3.05) is 11.9 Å². The van der Waals surface area contributed by atoms with Gasteiger partial charge in [-0.2, -0.15) is 0 Å². The first-order valence-corrected chi connectivity index (χ1v) is 7.26. The first-order chi connectivity index (χ1) is 9.99. The fraction of sp³-hybridized carbons (Fsp3) is 0.500. The molecular formula is C16H21NO4. The molecule has 1 aromatic carbocycles. The maximum Gasteiger partial charge on any atom is 0.341 e. The van der Waals surface area contributed by atoms with E-state index in [1.807, 2.05) is 6.92 Å². The fourth-order valence-electron chi connectivity index (χ4n) is 2.65. The van der Waals surface area contributed by atoms with Crippen molar-refractivity contribution in [3.8, 4) is 5.75 Å². The zero-order valence-electron chi connectivity index (χ0n) is 12.2. The number of aliphatic carboxylic acids is 1. The number of rotatable bonds is 5. The standard InChI is InChI=1S/C16H21NO4/c1-16(8-3-2-4-9-16)15(20)17-12-6-5-7-13(10-12)21-11-14(18)19/h5-7,10H,2-4,8-9,11H2,1H3,(H,17,20)(H,18,19). The maximum absolute atomic E-state index is 12.4. The first-order valence-electron chi connectivity index (χ1n) is 7.26. The number of amides is 1. The summed E-state index contributed by atoms with van der Waals surface area (Å²) in [6, 6.07) is 6.82. The number of carboxylic acid groups (broad SMARTS) is 1. The Bertz CT molecular complexity index is 521. The molecule has 1 fully saturated rings. The number of hydrogen-bond donors (Lipinski definition) is 2. The van der Waals surface area contributed by atoms with Gasteiger partial charge >= 0.3 is 5.97 Å². The van der Waals surface area contributed by atoms with E-state index in [0.29, 0.717) is 11.4 Å². The summed E-state index contributed by atoms with van der Waals surface area (Å²) >= 11 is 0. The van der Waals surface area contributed by atoms with Crippen LogP contribution in [0.2, 0.25) is 0 Å². The summed E-state index contributed by atoms with van der Waals surface area (Å²) < 4.78 is 5.11. The Balaban J connectivity index is 2.00. The largest absolute Gasteiger partial charge is 0.482 e. The molecule has 1 aromatic rings. The smallest absolute Gasteiger partial charge is 0.341 e. The van der Waals surface area contributed by atoms with Crippen LogP contribution in [0.1, 0.15) is 39.0 Å². The van der Waals surface area contributed by atoms with Crippen molar-refractivity contribution in [3.63, 3.8) is 0 Å². The second-order valence-corrected chi connectivity index (χ2v) is 5.79. The summed E-state index contributed by atoms with van der Waals surface area (Å²) in [5.74, 6) is -0.569. The lowest BCUT2D eigenvalue weighted by Crippen LogP contribution is -2.35. The molecule has 1 amide bonds. The van der Waals surface area contributed by atoms with E-state index in [-0.39, 0.29) is 11.3 Å². The van der Waals surface area contributed by atoms with Crippen molar-refractivity contribution in [2.24, 2.45) is 5.41 Å². The SMILES string of the molecule is CC1(C(=O)Nc2cccc(OCC(=O)O)c2)CCCCC1. The Morgan fingerprint density at radius 2 is 2.00 bits per heavy atom. The first kappa shape index (κ1) is 15.4. The molecule has 1 saturated carbocycles. The number of ether oxygens (including phenoxy) is 1. The van der Waals surface area contributed by atoms with Crippen LogP contribution in [-0.2, 0) is 9.59 Å². The second kappa shape index (κ2) is 6.61. The molecule has 1 aliphatic rings. The number of hydrogen-bond acceptors (Lipinski definition) is 3. The van der Waals surface area contributed by atoms with Gasteiger partial charge in [0.25, 0.3) is 0 Å². The van der Waals surface area contributed by atoms with Crippen LogP contribution in [0.3, 0.4) is 0 Å². The summed E-state index contributed by atoms with van der Waals surface area (Å²) in [6.07, 6.45) is 5.20. The minimum absolute atomic E-state index is 0.0255. The molecule has 0 radical (unpaired) electrons. The normalized spacial score (nSPS) is 17.0. The van der Waals surface area contributed by atoms with E-state index in [1.165, 1.54) is 6.42 Å². The third-order valence-electron chi connectivity index (χ3n) is 3.96. The van der Waals surface area contributed by atoms with Gasteiger partial charge in [-0.15, -0.1) is 0 Å². The molecule has 0 heterocycles. The van der Waals surface area contributed by atoms with Gasteiger partial charge in [0.15, 0.2) is 6.61 Å². The van der Waals surface area contributed by atoms with Crippen LogP contribution in [0.5, 0.6) is 5.75 Å². The molecule has 1 aliphatic carbocycles. The molecule has 0 saturated heterocycles. The van der Waals surface area contributed by atoms with Crippen LogP contribution in [0, 0.1) is 5.41 Å². The monoisotopic (exact) mass is 291 g/mol. The molecule has 5 nitrogen and oxygen atoms in total. The van der Waals surface area contributed by atoms with E-state index in [0.717, 1.165) is 25.7 Å².